The van der Waals surface area contributed by atoms with E-state index < -0.39 is 0 Å². The number of anilines is 1. The van der Waals surface area contributed by atoms with E-state index in [1.165, 1.54) is 0 Å². The molecule has 3 aliphatic rings. The van der Waals surface area contributed by atoms with Crippen LogP contribution in [0.1, 0.15) is 25.7 Å². The van der Waals surface area contributed by atoms with Crippen LogP contribution in [0.2, 0.25) is 0 Å². The zero-order valence-corrected chi connectivity index (χ0v) is 14.6. The Hall–Kier alpha value is -2.62. The second kappa shape index (κ2) is 5.70. The molecule has 3 heterocycles. The van der Waals surface area contributed by atoms with Gasteiger partial charge in [-0.2, -0.15) is 5.26 Å². The largest absolute Gasteiger partial charge is 0.356 e. The number of aromatic amines is 1. The predicted octanol–water partition coefficient (Wildman–Crippen LogP) is 1.84. The van der Waals surface area contributed by atoms with E-state index >= 15 is 0 Å². The lowest BCUT2D eigenvalue weighted by atomic mass is 9.81. The van der Waals surface area contributed by atoms with E-state index in [1.807, 2.05) is 12.3 Å². The van der Waals surface area contributed by atoms with Crippen LogP contribution in [0.4, 0.5) is 5.82 Å². The molecule has 1 aliphatic heterocycles. The van der Waals surface area contributed by atoms with E-state index in [9.17, 15) is 4.79 Å². The topological polar surface area (TPSA) is 97.7 Å². The van der Waals surface area contributed by atoms with Gasteiger partial charge >= 0.3 is 0 Å². The number of H-pyrrole nitrogens is 1. The first-order valence-electron chi connectivity index (χ1n) is 9.40. The molecule has 2 aromatic rings. The number of carbonyl (C=O) groups is 1. The lowest BCUT2D eigenvalue weighted by molar-refractivity contribution is -0.127. The number of nitriles is 1. The fraction of sp³-hybridized carbons (Fsp3) is 0.579. The molecule has 2 saturated carbocycles. The monoisotopic (exact) mass is 350 g/mol. The van der Waals surface area contributed by atoms with Crippen molar-refractivity contribution in [3.63, 3.8) is 0 Å². The molecule has 7 heteroatoms. The molecule has 3 fully saturated rings. The maximum Gasteiger partial charge on any atom is 0.223 e. The quantitative estimate of drug-likeness (QED) is 0.877. The molecule has 5 rings (SSSR count). The number of nitrogens with one attached hydrogen (secondary N) is 2. The number of carbonyl (C=O) groups excluding carboxylic acids is 1. The Morgan fingerprint density at radius 2 is 2.35 bits per heavy atom. The first kappa shape index (κ1) is 15.6. The van der Waals surface area contributed by atoms with Gasteiger partial charge < -0.3 is 15.2 Å². The van der Waals surface area contributed by atoms with Crippen molar-refractivity contribution in [2.24, 2.45) is 23.2 Å². The highest BCUT2D eigenvalue weighted by molar-refractivity contribution is 5.87. The van der Waals surface area contributed by atoms with Gasteiger partial charge in [-0.3, -0.25) is 4.79 Å². The maximum atomic E-state index is 12.8. The predicted molar refractivity (Wildman–Crippen MR) is 96.1 cm³/mol. The van der Waals surface area contributed by atoms with E-state index in [2.05, 4.69) is 31.2 Å². The van der Waals surface area contributed by atoms with Crippen molar-refractivity contribution in [2.75, 3.05) is 24.5 Å². The Morgan fingerprint density at radius 1 is 1.46 bits per heavy atom. The Balaban J connectivity index is 1.28. The average molecular weight is 350 g/mol. The van der Waals surface area contributed by atoms with Crippen molar-refractivity contribution in [2.45, 2.75) is 25.7 Å². The summed E-state index contributed by atoms with van der Waals surface area (Å²) < 4.78 is 0. The van der Waals surface area contributed by atoms with Crippen LogP contribution in [0.15, 0.2) is 18.6 Å². The Bertz CT molecular complexity index is 895. The minimum Gasteiger partial charge on any atom is -0.356 e. The van der Waals surface area contributed by atoms with Crippen molar-refractivity contribution >= 4 is 22.8 Å². The summed E-state index contributed by atoms with van der Waals surface area (Å²) in [4.78, 5) is 27.0. The molecule has 0 bridgehead atoms. The summed E-state index contributed by atoms with van der Waals surface area (Å²) in [5, 5.41) is 13.1. The van der Waals surface area contributed by atoms with Gasteiger partial charge in [0.25, 0.3) is 0 Å². The first-order valence-corrected chi connectivity index (χ1v) is 9.40. The second-order valence-corrected chi connectivity index (χ2v) is 8.04. The van der Waals surface area contributed by atoms with Crippen LogP contribution in [-0.4, -0.2) is 40.5 Å². The molecular formula is C19H22N6O. The van der Waals surface area contributed by atoms with Crippen LogP contribution in [0.3, 0.4) is 0 Å². The van der Waals surface area contributed by atoms with Crippen molar-refractivity contribution < 1.29 is 4.79 Å². The van der Waals surface area contributed by atoms with Gasteiger partial charge in [-0.1, -0.05) is 0 Å². The number of hydrogen-bond donors (Lipinski definition) is 2. The Labute approximate surface area is 151 Å². The van der Waals surface area contributed by atoms with E-state index in [1.54, 1.807) is 6.33 Å². The number of aromatic nitrogens is 3. The van der Waals surface area contributed by atoms with Gasteiger partial charge in [0.15, 0.2) is 0 Å². The highest BCUT2D eigenvalue weighted by Crippen LogP contribution is 2.56. The standard InChI is InChI=1S/C19H22N6O/c20-8-12-7-13(12)9-22-18(26)15-2-6-25(10-19(15)3-4-19)17-14-1-5-21-16(14)23-11-24-17/h1,5,11-13,15H,2-4,6-7,9-10H2,(H,22,26)(H,21,23,24)/t12-,13-,15?/m0/s1. The molecule has 0 radical (unpaired) electrons. The van der Waals surface area contributed by atoms with Gasteiger partial charge in [0.1, 0.15) is 17.8 Å². The molecule has 1 amide bonds. The van der Waals surface area contributed by atoms with Crippen LogP contribution in [0.5, 0.6) is 0 Å². The first-order chi connectivity index (χ1) is 12.7. The molecule has 1 saturated heterocycles. The minimum absolute atomic E-state index is 0.0848. The van der Waals surface area contributed by atoms with E-state index in [4.69, 9.17) is 5.26 Å². The minimum atomic E-state index is 0.0848. The van der Waals surface area contributed by atoms with Gasteiger partial charge in [0.05, 0.1) is 17.4 Å². The fourth-order valence-corrected chi connectivity index (χ4v) is 4.51. The van der Waals surface area contributed by atoms with Crippen LogP contribution in [0.25, 0.3) is 11.0 Å². The Morgan fingerprint density at radius 3 is 3.12 bits per heavy atom. The summed E-state index contributed by atoms with van der Waals surface area (Å²) in [5.41, 5.74) is 0.949. The van der Waals surface area contributed by atoms with Gasteiger partial charge in [-0.05, 0) is 43.1 Å². The summed E-state index contributed by atoms with van der Waals surface area (Å²) in [7, 11) is 0. The van der Waals surface area contributed by atoms with Gasteiger partial charge in [-0.25, -0.2) is 9.97 Å². The van der Waals surface area contributed by atoms with E-state index in [0.29, 0.717) is 12.5 Å². The average Bonchev–Trinajstić information content (AvgIpc) is 3.55. The van der Waals surface area contributed by atoms with Crippen LogP contribution in [0, 0.1) is 34.5 Å². The van der Waals surface area contributed by atoms with Crippen molar-refractivity contribution in [3.05, 3.63) is 18.6 Å². The smallest absolute Gasteiger partial charge is 0.223 e. The molecule has 3 atom stereocenters. The maximum absolute atomic E-state index is 12.8. The fourth-order valence-electron chi connectivity index (χ4n) is 4.51. The number of amides is 1. The molecule has 1 spiro atoms. The molecule has 7 nitrogen and oxygen atoms in total. The van der Waals surface area contributed by atoms with E-state index in [0.717, 1.165) is 55.6 Å². The molecule has 2 N–H and O–H groups in total. The van der Waals surface area contributed by atoms with Gasteiger partial charge in [0.2, 0.25) is 5.91 Å². The molecular weight excluding hydrogens is 328 g/mol. The molecule has 2 aromatic heterocycles. The van der Waals surface area contributed by atoms with Gasteiger partial charge in [0, 0.05) is 31.7 Å². The summed E-state index contributed by atoms with van der Waals surface area (Å²) in [6, 6.07) is 4.30. The summed E-state index contributed by atoms with van der Waals surface area (Å²) in [6.07, 6.45) is 7.49. The number of nitrogens with zero attached hydrogens (tertiary/aromatic N) is 4. The SMILES string of the molecule is N#C[C@@H]1C[C@H]1CNC(=O)C1CCN(c2ncnc3[nH]ccc23)CC12CC2. The molecule has 26 heavy (non-hydrogen) atoms. The number of piperidine rings is 1. The lowest BCUT2D eigenvalue weighted by Gasteiger charge is -2.39. The highest BCUT2D eigenvalue weighted by Gasteiger charge is 2.55. The van der Waals surface area contributed by atoms with Gasteiger partial charge in [-0.15, -0.1) is 0 Å². The third-order valence-corrected chi connectivity index (χ3v) is 6.40. The number of fused-ring (bicyclic) bond motifs is 1. The van der Waals surface area contributed by atoms with Crippen molar-refractivity contribution in [1.29, 1.82) is 5.26 Å². The van der Waals surface area contributed by atoms with Crippen molar-refractivity contribution in [3.8, 4) is 6.07 Å². The summed E-state index contributed by atoms with van der Waals surface area (Å²) >= 11 is 0. The lowest BCUT2D eigenvalue weighted by Crippen LogP contribution is -2.48. The molecule has 134 valence electrons. The van der Waals surface area contributed by atoms with Crippen LogP contribution >= 0.6 is 0 Å². The second-order valence-electron chi connectivity index (χ2n) is 8.04. The third kappa shape index (κ3) is 2.52. The summed E-state index contributed by atoms with van der Waals surface area (Å²) in [5.74, 6) is 1.74. The number of hydrogen-bond acceptors (Lipinski definition) is 5. The summed E-state index contributed by atoms with van der Waals surface area (Å²) in [6.45, 7) is 2.37. The highest BCUT2D eigenvalue weighted by atomic mass is 16.1. The van der Waals surface area contributed by atoms with Crippen molar-refractivity contribution in [1.82, 2.24) is 20.3 Å². The molecule has 0 aromatic carbocycles. The number of rotatable bonds is 4. The normalized spacial score (nSPS) is 28.7. The van der Waals surface area contributed by atoms with E-state index in [-0.39, 0.29) is 23.2 Å². The zero-order valence-electron chi connectivity index (χ0n) is 14.6. The van der Waals surface area contributed by atoms with Crippen LogP contribution < -0.4 is 10.2 Å². The molecule has 1 unspecified atom stereocenters. The zero-order chi connectivity index (χ0) is 17.7. The van der Waals surface area contributed by atoms with Crippen LogP contribution in [-0.2, 0) is 4.79 Å². The Kier molecular flexibility index (Phi) is 3.42. The third-order valence-electron chi connectivity index (χ3n) is 6.40. The molecule has 2 aliphatic carbocycles.